The van der Waals surface area contributed by atoms with Crippen molar-refractivity contribution < 1.29 is 19.0 Å². The van der Waals surface area contributed by atoms with E-state index in [-0.39, 0.29) is 18.2 Å². The van der Waals surface area contributed by atoms with Crippen molar-refractivity contribution in [1.82, 2.24) is 10.3 Å². The van der Waals surface area contributed by atoms with Crippen LogP contribution in [0.4, 0.5) is 10.6 Å². The number of aromatic nitrogens is 1. The predicted molar refractivity (Wildman–Crippen MR) is 111 cm³/mol. The van der Waals surface area contributed by atoms with Crippen LogP contribution in [-0.2, 0) is 27.1 Å². The van der Waals surface area contributed by atoms with Crippen LogP contribution >= 0.6 is 0 Å². The quantitative estimate of drug-likeness (QED) is 0.693. The van der Waals surface area contributed by atoms with Crippen molar-refractivity contribution in [2.75, 3.05) is 38.3 Å². The number of hydrogen-bond donors (Lipinski definition) is 2. The molecule has 3 rings (SSSR count). The number of amides is 1. The first kappa shape index (κ1) is 21.8. The van der Waals surface area contributed by atoms with Gasteiger partial charge < -0.3 is 30.2 Å². The Hall–Kier alpha value is -1.90. The van der Waals surface area contributed by atoms with Crippen LogP contribution in [0.5, 0.6) is 0 Å². The van der Waals surface area contributed by atoms with Crippen molar-refractivity contribution in [1.29, 1.82) is 0 Å². The average molecular weight is 407 g/mol. The molecule has 0 unspecified atom stereocenters. The number of hydrogen-bond acceptors (Lipinski definition) is 7. The summed E-state index contributed by atoms with van der Waals surface area (Å²) < 4.78 is 16.5. The molecule has 3 atom stereocenters. The maximum Gasteiger partial charge on any atom is 0.408 e. The maximum atomic E-state index is 12.3. The second-order valence-corrected chi connectivity index (χ2v) is 8.84. The summed E-state index contributed by atoms with van der Waals surface area (Å²) in [5.41, 5.74) is 7.90. The normalized spacial score (nSPS) is 24.3. The Kier molecular flexibility index (Phi) is 6.97. The second kappa shape index (κ2) is 9.28. The number of fused-ring (bicyclic) bond motifs is 1. The molecule has 1 saturated heterocycles. The number of aryl methyl sites for hydroxylation is 1. The molecule has 1 aromatic heterocycles. The van der Waals surface area contributed by atoms with E-state index in [0.717, 1.165) is 30.8 Å². The number of carbonyl (C=O) groups excluding carboxylic acids is 1. The standard InChI is InChI=1S/C21H34N4O4/c1-21(2,3)29-20(26)24-17-12-25(13-18(17)28-10-9-27-4)19-8-5-14-11-15(22)6-7-16(14)23-19/h5,8,15,17-18H,6-7,9-13,22H2,1-4H3,(H,24,26)/t15-,17+,18+/m0/s1. The Balaban J connectivity index is 1.69. The fourth-order valence-corrected chi connectivity index (χ4v) is 3.81. The summed E-state index contributed by atoms with van der Waals surface area (Å²) >= 11 is 0. The Bertz CT molecular complexity index is 706. The number of pyridine rings is 1. The van der Waals surface area contributed by atoms with Gasteiger partial charge in [0.05, 0.1) is 25.4 Å². The summed E-state index contributed by atoms with van der Waals surface area (Å²) in [6.45, 7) is 7.79. The largest absolute Gasteiger partial charge is 0.444 e. The third kappa shape index (κ3) is 6.04. The number of ether oxygens (including phenoxy) is 3. The van der Waals surface area contributed by atoms with Crippen LogP contribution in [0.2, 0.25) is 0 Å². The molecule has 1 aliphatic carbocycles. The molecule has 29 heavy (non-hydrogen) atoms. The van der Waals surface area contributed by atoms with Gasteiger partial charge in [-0.2, -0.15) is 0 Å². The van der Waals surface area contributed by atoms with Gasteiger partial charge in [0, 0.05) is 31.9 Å². The molecule has 1 amide bonds. The van der Waals surface area contributed by atoms with Crippen molar-refractivity contribution in [3.05, 3.63) is 23.4 Å². The SMILES string of the molecule is COCCO[C@@H]1CN(c2ccc3c(n2)CC[C@H](N)C3)C[C@H]1NC(=O)OC(C)(C)C. The lowest BCUT2D eigenvalue weighted by Gasteiger charge is -2.24. The van der Waals surface area contributed by atoms with Gasteiger partial charge in [-0.25, -0.2) is 9.78 Å². The molecule has 1 aromatic rings. The van der Waals surface area contributed by atoms with E-state index in [4.69, 9.17) is 24.9 Å². The first-order valence-corrected chi connectivity index (χ1v) is 10.3. The number of rotatable bonds is 6. The Morgan fingerprint density at radius 1 is 1.31 bits per heavy atom. The van der Waals surface area contributed by atoms with Gasteiger partial charge in [0.2, 0.25) is 0 Å². The predicted octanol–water partition coefficient (Wildman–Crippen LogP) is 1.64. The van der Waals surface area contributed by atoms with E-state index < -0.39 is 11.7 Å². The molecule has 162 valence electrons. The van der Waals surface area contributed by atoms with E-state index in [1.54, 1.807) is 7.11 Å². The first-order valence-electron chi connectivity index (χ1n) is 10.3. The van der Waals surface area contributed by atoms with Crippen LogP contribution < -0.4 is 16.0 Å². The summed E-state index contributed by atoms with van der Waals surface area (Å²) in [4.78, 5) is 19.3. The van der Waals surface area contributed by atoms with E-state index in [2.05, 4.69) is 16.3 Å². The molecule has 0 radical (unpaired) electrons. The van der Waals surface area contributed by atoms with Gasteiger partial charge >= 0.3 is 6.09 Å². The molecule has 3 N–H and O–H groups in total. The van der Waals surface area contributed by atoms with Gasteiger partial charge in [-0.15, -0.1) is 0 Å². The molecule has 8 nitrogen and oxygen atoms in total. The van der Waals surface area contributed by atoms with Crippen LogP contribution in [0.3, 0.4) is 0 Å². The third-order valence-corrected chi connectivity index (χ3v) is 5.20. The van der Waals surface area contributed by atoms with Crippen molar-refractivity contribution in [3.63, 3.8) is 0 Å². The molecule has 0 saturated carbocycles. The highest BCUT2D eigenvalue weighted by molar-refractivity contribution is 5.68. The highest BCUT2D eigenvalue weighted by Gasteiger charge is 2.36. The maximum absolute atomic E-state index is 12.3. The van der Waals surface area contributed by atoms with E-state index in [0.29, 0.717) is 26.3 Å². The van der Waals surface area contributed by atoms with Crippen LogP contribution in [-0.4, -0.2) is 68.3 Å². The minimum atomic E-state index is -0.546. The van der Waals surface area contributed by atoms with E-state index in [1.807, 2.05) is 26.8 Å². The fourth-order valence-electron chi connectivity index (χ4n) is 3.81. The molecule has 0 aromatic carbocycles. The van der Waals surface area contributed by atoms with E-state index >= 15 is 0 Å². The van der Waals surface area contributed by atoms with Crippen molar-refractivity contribution >= 4 is 11.9 Å². The number of carbonyl (C=O) groups is 1. The van der Waals surface area contributed by atoms with Gasteiger partial charge in [0.15, 0.2) is 0 Å². The molecule has 1 fully saturated rings. The van der Waals surface area contributed by atoms with Crippen molar-refractivity contribution in [3.8, 4) is 0 Å². The summed E-state index contributed by atoms with van der Waals surface area (Å²) in [5.74, 6) is 0.910. The Labute approximate surface area is 173 Å². The first-order chi connectivity index (χ1) is 13.7. The zero-order chi connectivity index (χ0) is 21.0. The number of alkyl carbamates (subject to hydrolysis) is 1. The van der Waals surface area contributed by atoms with Crippen LogP contribution in [0.25, 0.3) is 0 Å². The molecule has 1 aliphatic heterocycles. The topological polar surface area (TPSA) is 98.9 Å². The summed E-state index contributed by atoms with van der Waals surface area (Å²) in [6.07, 6.45) is 2.16. The average Bonchev–Trinajstić information content (AvgIpc) is 3.02. The van der Waals surface area contributed by atoms with Gasteiger partial charge in [-0.1, -0.05) is 6.07 Å². The Morgan fingerprint density at radius 3 is 2.83 bits per heavy atom. The molecular weight excluding hydrogens is 372 g/mol. The van der Waals surface area contributed by atoms with Crippen molar-refractivity contribution in [2.45, 2.75) is 63.8 Å². The minimum absolute atomic E-state index is 0.163. The smallest absolute Gasteiger partial charge is 0.408 e. The number of nitrogens with zero attached hydrogens (tertiary/aromatic N) is 2. The lowest BCUT2D eigenvalue weighted by molar-refractivity contribution is 0.00946. The second-order valence-electron chi connectivity index (χ2n) is 8.84. The molecule has 0 bridgehead atoms. The Morgan fingerprint density at radius 2 is 2.10 bits per heavy atom. The van der Waals surface area contributed by atoms with Crippen LogP contribution in [0.1, 0.15) is 38.4 Å². The number of nitrogens with one attached hydrogen (secondary N) is 1. The van der Waals surface area contributed by atoms with Gasteiger partial charge in [-0.3, -0.25) is 0 Å². The van der Waals surface area contributed by atoms with E-state index in [9.17, 15) is 4.79 Å². The summed E-state index contributed by atoms with van der Waals surface area (Å²) in [5, 5.41) is 2.97. The molecule has 2 heterocycles. The molecular formula is C21H34N4O4. The highest BCUT2D eigenvalue weighted by atomic mass is 16.6. The van der Waals surface area contributed by atoms with Crippen molar-refractivity contribution in [2.24, 2.45) is 5.73 Å². The molecule has 8 heteroatoms. The van der Waals surface area contributed by atoms with Gasteiger partial charge in [-0.05, 0) is 51.7 Å². The number of anilines is 1. The molecule has 2 aliphatic rings. The zero-order valence-corrected chi connectivity index (χ0v) is 17.9. The zero-order valence-electron chi connectivity index (χ0n) is 17.9. The van der Waals surface area contributed by atoms with Gasteiger partial charge in [0.25, 0.3) is 0 Å². The summed E-state index contributed by atoms with van der Waals surface area (Å²) in [6, 6.07) is 4.21. The number of methoxy groups -OCH3 is 1. The van der Waals surface area contributed by atoms with E-state index in [1.165, 1.54) is 5.56 Å². The van der Waals surface area contributed by atoms with Gasteiger partial charge in [0.1, 0.15) is 11.4 Å². The molecule has 0 spiro atoms. The monoisotopic (exact) mass is 406 g/mol. The third-order valence-electron chi connectivity index (χ3n) is 5.20. The fraction of sp³-hybridized carbons (Fsp3) is 0.714. The highest BCUT2D eigenvalue weighted by Crippen LogP contribution is 2.26. The summed E-state index contributed by atoms with van der Waals surface area (Å²) in [7, 11) is 1.64. The minimum Gasteiger partial charge on any atom is -0.444 e. The lowest BCUT2D eigenvalue weighted by Crippen LogP contribution is -2.46. The number of nitrogens with two attached hydrogens (primary N) is 1. The van der Waals surface area contributed by atoms with Crippen LogP contribution in [0, 0.1) is 0 Å². The lowest BCUT2D eigenvalue weighted by atomic mass is 9.92. The van der Waals surface area contributed by atoms with Crippen LogP contribution in [0.15, 0.2) is 12.1 Å².